The zero-order chi connectivity index (χ0) is 10.4. The molecule has 1 N–H and O–H groups in total. The first-order valence-corrected chi connectivity index (χ1v) is 7.33. The fourth-order valence-corrected chi connectivity index (χ4v) is 3.13. The fraction of sp³-hybridized carbons (Fsp3) is 1.00. The van der Waals surface area contributed by atoms with Crippen molar-refractivity contribution >= 4 is 11.8 Å². The molecule has 1 atom stereocenters. The molecule has 2 heteroatoms. The van der Waals surface area contributed by atoms with Crippen LogP contribution in [0.25, 0.3) is 0 Å². The molecule has 1 rings (SSSR count). The lowest BCUT2D eigenvalue weighted by Gasteiger charge is -2.30. The SMILES string of the molecule is CCCC(C)NC1CCC(SC)CC1. The lowest BCUT2D eigenvalue weighted by molar-refractivity contribution is 0.340. The highest BCUT2D eigenvalue weighted by molar-refractivity contribution is 7.99. The topological polar surface area (TPSA) is 12.0 Å². The molecule has 1 nitrogen and oxygen atoms in total. The second-order valence-electron chi connectivity index (χ2n) is 4.57. The van der Waals surface area contributed by atoms with Crippen molar-refractivity contribution in [1.82, 2.24) is 5.32 Å². The summed E-state index contributed by atoms with van der Waals surface area (Å²) in [4.78, 5) is 0. The van der Waals surface area contributed by atoms with E-state index in [9.17, 15) is 0 Å². The van der Waals surface area contributed by atoms with Gasteiger partial charge in [0.15, 0.2) is 0 Å². The fourth-order valence-electron chi connectivity index (χ4n) is 2.38. The van der Waals surface area contributed by atoms with Crippen LogP contribution in [0.2, 0.25) is 0 Å². The molecule has 0 radical (unpaired) electrons. The molecule has 0 heterocycles. The maximum atomic E-state index is 3.76. The molecule has 0 aromatic heterocycles. The minimum atomic E-state index is 0.718. The van der Waals surface area contributed by atoms with Gasteiger partial charge in [-0.3, -0.25) is 0 Å². The number of hydrogen-bond donors (Lipinski definition) is 1. The summed E-state index contributed by atoms with van der Waals surface area (Å²) in [5.41, 5.74) is 0. The average molecular weight is 215 g/mol. The smallest absolute Gasteiger partial charge is 0.00703 e. The molecule has 84 valence electrons. The summed E-state index contributed by atoms with van der Waals surface area (Å²) >= 11 is 2.05. The largest absolute Gasteiger partial charge is 0.312 e. The summed E-state index contributed by atoms with van der Waals surface area (Å²) in [5.74, 6) is 0. The molecule has 0 amide bonds. The van der Waals surface area contributed by atoms with E-state index in [1.807, 2.05) is 11.8 Å². The molecule has 1 aliphatic carbocycles. The van der Waals surface area contributed by atoms with Crippen molar-refractivity contribution in [3.8, 4) is 0 Å². The third-order valence-electron chi connectivity index (χ3n) is 3.25. The second kappa shape index (κ2) is 6.73. The van der Waals surface area contributed by atoms with Gasteiger partial charge in [-0.25, -0.2) is 0 Å². The Kier molecular flexibility index (Phi) is 5.95. The lowest BCUT2D eigenvalue weighted by atomic mass is 9.94. The molecule has 1 saturated carbocycles. The highest BCUT2D eigenvalue weighted by Gasteiger charge is 2.20. The molecule has 0 aliphatic heterocycles. The monoisotopic (exact) mass is 215 g/mol. The Labute approximate surface area is 93.4 Å². The van der Waals surface area contributed by atoms with Crippen LogP contribution in [0.1, 0.15) is 52.4 Å². The normalized spacial score (nSPS) is 30.2. The van der Waals surface area contributed by atoms with Crippen molar-refractivity contribution in [3.63, 3.8) is 0 Å². The summed E-state index contributed by atoms with van der Waals surface area (Å²) in [5, 5.41) is 4.69. The molecule has 14 heavy (non-hydrogen) atoms. The number of rotatable bonds is 5. The Balaban J connectivity index is 2.15. The molecular weight excluding hydrogens is 190 g/mol. The lowest BCUT2D eigenvalue weighted by Crippen LogP contribution is -2.39. The third-order valence-corrected chi connectivity index (χ3v) is 4.39. The van der Waals surface area contributed by atoms with Gasteiger partial charge in [0.1, 0.15) is 0 Å². The quantitative estimate of drug-likeness (QED) is 0.754. The number of hydrogen-bond acceptors (Lipinski definition) is 2. The third kappa shape index (κ3) is 4.22. The van der Waals surface area contributed by atoms with Crippen LogP contribution in [-0.4, -0.2) is 23.6 Å². The van der Waals surface area contributed by atoms with Gasteiger partial charge in [-0.2, -0.15) is 11.8 Å². The molecule has 0 aromatic carbocycles. The molecule has 1 unspecified atom stereocenters. The van der Waals surface area contributed by atoms with Crippen LogP contribution < -0.4 is 5.32 Å². The van der Waals surface area contributed by atoms with Crippen molar-refractivity contribution in [2.75, 3.05) is 6.26 Å². The minimum absolute atomic E-state index is 0.718. The molecule has 1 fully saturated rings. The van der Waals surface area contributed by atoms with Crippen molar-refractivity contribution < 1.29 is 0 Å². The van der Waals surface area contributed by atoms with Crippen molar-refractivity contribution in [1.29, 1.82) is 0 Å². The zero-order valence-corrected chi connectivity index (χ0v) is 10.7. The predicted octanol–water partition coefficient (Wildman–Crippen LogP) is 3.44. The van der Waals surface area contributed by atoms with Gasteiger partial charge in [-0.1, -0.05) is 13.3 Å². The van der Waals surface area contributed by atoms with Gasteiger partial charge in [-0.05, 0) is 45.3 Å². The van der Waals surface area contributed by atoms with Crippen LogP contribution in [-0.2, 0) is 0 Å². The van der Waals surface area contributed by atoms with Crippen molar-refractivity contribution in [3.05, 3.63) is 0 Å². The highest BCUT2D eigenvalue weighted by atomic mass is 32.2. The summed E-state index contributed by atoms with van der Waals surface area (Å²) in [7, 11) is 0. The van der Waals surface area contributed by atoms with Crippen LogP contribution >= 0.6 is 11.8 Å². The van der Waals surface area contributed by atoms with Crippen LogP contribution in [0.5, 0.6) is 0 Å². The molecule has 1 aliphatic rings. The van der Waals surface area contributed by atoms with Crippen molar-refractivity contribution in [2.45, 2.75) is 69.7 Å². The van der Waals surface area contributed by atoms with Gasteiger partial charge < -0.3 is 5.32 Å². The van der Waals surface area contributed by atoms with E-state index < -0.39 is 0 Å². The first kappa shape index (κ1) is 12.4. The van der Waals surface area contributed by atoms with Gasteiger partial charge in [0.25, 0.3) is 0 Å². The Morgan fingerprint density at radius 2 is 1.93 bits per heavy atom. The van der Waals surface area contributed by atoms with Crippen molar-refractivity contribution in [2.24, 2.45) is 0 Å². The van der Waals surface area contributed by atoms with Gasteiger partial charge in [0.05, 0.1) is 0 Å². The second-order valence-corrected chi connectivity index (χ2v) is 5.70. The van der Waals surface area contributed by atoms with Gasteiger partial charge >= 0.3 is 0 Å². The number of thioether (sulfide) groups is 1. The molecular formula is C12H25NS. The Morgan fingerprint density at radius 1 is 1.29 bits per heavy atom. The Morgan fingerprint density at radius 3 is 2.43 bits per heavy atom. The predicted molar refractivity (Wildman–Crippen MR) is 67.1 cm³/mol. The summed E-state index contributed by atoms with van der Waals surface area (Å²) < 4.78 is 0. The summed E-state index contributed by atoms with van der Waals surface area (Å²) in [6.07, 6.45) is 10.5. The van der Waals surface area contributed by atoms with Gasteiger partial charge in [0, 0.05) is 17.3 Å². The van der Waals surface area contributed by atoms with E-state index in [1.165, 1.54) is 38.5 Å². The maximum absolute atomic E-state index is 3.76. The Hall–Kier alpha value is 0.310. The highest BCUT2D eigenvalue weighted by Crippen LogP contribution is 2.27. The zero-order valence-electron chi connectivity index (χ0n) is 9.88. The summed E-state index contributed by atoms with van der Waals surface area (Å²) in [6.45, 7) is 4.59. The Bertz CT molecular complexity index is 141. The molecule has 0 spiro atoms. The average Bonchev–Trinajstić information content (AvgIpc) is 2.19. The van der Waals surface area contributed by atoms with Crippen LogP contribution in [0, 0.1) is 0 Å². The maximum Gasteiger partial charge on any atom is 0.00703 e. The molecule has 0 bridgehead atoms. The minimum Gasteiger partial charge on any atom is -0.312 e. The van der Waals surface area contributed by atoms with E-state index in [1.54, 1.807) is 0 Å². The van der Waals surface area contributed by atoms with Gasteiger partial charge in [-0.15, -0.1) is 0 Å². The van der Waals surface area contributed by atoms with Crippen LogP contribution in [0.15, 0.2) is 0 Å². The van der Waals surface area contributed by atoms with Crippen LogP contribution in [0.4, 0.5) is 0 Å². The van der Waals surface area contributed by atoms with E-state index in [0.717, 1.165) is 17.3 Å². The van der Waals surface area contributed by atoms with E-state index in [0.29, 0.717) is 0 Å². The van der Waals surface area contributed by atoms with E-state index in [-0.39, 0.29) is 0 Å². The molecule has 0 aromatic rings. The van der Waals surface area contributed by atoms with E-state index in [4.69, 9.17) is 0 Å². The van der Waals surface area contributed by atoms with E-state index >= 15 is 0 Å². The first-order valence-electron chi connectivity index (χ1n) is 6.05. The molecule has 0 saturated heterocycles. The van der Waals surface area contributed by atoms with Gasteiger partial charge in [0.2, 0.25) is 0 Å². The van der Waals surface area contributed by atoms with E-state index in [2.05, 4.69) is 25.4 Å². The first-order chi connectivity index (χ1) is 6.76. The number of nitrogens with one attached hydrogen (secondary N) is 1. The standard InChI is InChI=1S/C12H25NS/c1-4-5-10(2)13-11-6-8-12(14-3)9-7-11/h10-13H,4-9H2,1-3H3. The van der Waals surface area contributed by atoms with Crippen LogP contribution in [0.3, 0.4) is 0 Å². The summed E-state index contributed by atoms with van der Waals surface area (Å²) in [6, 6.07) is 1.52.